The van der Waals surface area contributed by atoms with Crippen molar-refractivity contribution in [3.8, 4) is 11.5 Å². The molecule has 3 aromatic rings. The van der Waals surface area contributed by atoms with E-state index in [2.05, 4.69) is 5.32 Å². The number of ether oxygens (including phenoxy) is 2. The van der Waals surface area contributed by atoms with Crippen molar-refractivity contribution in [2.45, 2.75) is 55.6 Å². The molecule has 0 saturated heterocycles. The van der Waals surface area contributed by atoms with Crippen LogP contribution in [0.2, 0.25) is 5.02 Å². The SMILES string of the molecule is C[C@H](Sc1nc2cc(Cl)ccc2c(=O)n1C1CCCC1)C(=O)NCc1ccc2c(c1)OCO2. The predicted octanol–water partition coefficient (Wildman–Crippen LogP) is 4.69. The lowest BCUT2D eigenvalue weighted by Gasteiger charge is -2.20. The Morgan fingerprint density at radius 1 is 1.21 bits per heavy atom. The molecular weight excluding hydrogens is 462 g/mol. The van der Waals surface area contributed by atoms with E-state index in [9.17, 15) is 9.59 Å². The van der Waals surface area contributed by atoms with Gasteiger partial charge in [-0.25, -0.2) is 4.98 Å². The summed E-state index contributed by atoms with van der Waals surface area (Å²) in [6.45, 7) is 2.41. The molecule has 0 bridgehead atoms. The number of thioether (sulfide) groups is 1. The maximum absolute atomic E-state index is 13.3. The van der Waals surface area contributed by atoms with Crippen molar-refractivity contribution in [2.24, 2.45) is 0 Å². The van der Waals surface area contributed by atoms with Gasteiger partial charge in [0.2, 0.25) is 12.7 Å². The monoisotopic (exact) mass is 485 g/mol. The van der Waals surface area contributed by atoms with Gasteiger partial charge in [0.1, 0.15) is 0 Å². The molecule has 1 aliphatic carbocycles. The summed E-state index contributed by atoms with van der Waals surface area (Å²) in [6, 6.07) is 10.9. The number of rotatable bonds is 6. The Bertz CT molecular complexity index is 1270. The maximum atomic E-state index is 13.3. The van der Waals surface area contributed by atoms with E-state index in [0.717, 1.165) is 31.2 Å². The van der Waals surface area contributed by atoms with Crippen molar-refractivity contribution in [3.63, 3.8) is 0 Å². The van der Waals surface area contributed by atoms with E-state index >= 15 is 0 Å². The highest BCUT2D eigenvalue weighted by atomic mass is 35.5. The first-order valence-electron chi connectivity index (χ1n) is 11.0. The zero-order valence-electron chi connectivity index (χ0n) is 18.2. The fourth-order valence-electron chi connectivity index (χ4n) is 4.31. The molecule has 0 unspecified atom stereocenters. The highest BCUT2D eigenvalue weighted by molar-refractivity contribution is 8.00. The zero-order valence-corrected chi connectivity index (χ0v) is 19.7. The first-order valence-corrected chi connectivity index (χ1v) is 12.3. The summed E-state index contributed by atoms with van der Waals surface area (Å²) in [5.74, 6) is 1.27. The third kappa shape index (κ3) is 4.54. The molecule has 33 heavy (non-hydrogen) atoms. The average molecular weight is 486 g/mol. The quantitative estimate of drug-likeness (QED) is 0.403. The first-order chi connectivity index (χ1) is 16.0. The predicted molar refractivity (Wildman–Crippen MR) is 128 cm³/mol. The van der Waals surface area contributed by atoms with Crippen molar-refractivity contribution >= 4 is 40.2 Å². The fourth-order valence-corrected chi connectivity index (χ4v) is 5.48. The van der Waals surface area contributed by atoms with Crippen molar-refractivity contribution in [2.75, 3.05) is 6.79 Å². The van der Waals surface area contributed by atoms with Crippen LogP contribution in [0, 0.1) is 0 Å². The zero-order chi connectivity index (χ0) is 22.9. The molecule has 1 aromatic heterocycles. The molecule has 9 heteroatoms. The van der Waals surface area contributed by atoms with Crippen molar-refractivity contribution < 1.29 is 14.3 Å². The summed E-state index contributed by atoms with van der Waals surface area (Å²) in [5.41, 5.74) is 1.40. The summed E-state index contributed by atoms with van der Waals surface area (Å²) in [6.07, 6.45) is 4.06. The molecule has 1 atom stereocenters. The molecule has 7 nitrogen and oxygen atoms in total. The molecule has 0 radical (unpaired) electrons. The van der Waals surface area contributed by atoms with Gasteiger partial charge in [0.05, 0.1) is 16.2 Å². The molecular formula is C24H24ClN3O4S. The van der Waals surface area contributed by atoms with Crippen LogP contribution in [0.25, 0.3) is 10.9 Å². The van der Waals surface area contributed by atoms with E-state index in [0.29, 0.717) is 39.1 Å². The number of hydrogen-bond donors (Lipinski definition) is 1. The maximum Gasteiger partial charge on any atom is 0.262 e. The smallest absolute Gasteiger partial charge is 0.262 e. The fraction of sp³-hybridized carbons (Fsp3) is 0.375. The second-order valence-corrected chi connectivity index (χ2v) is 10.1. The van der Waals surface area contributed by atoms with E-state index in [4.69, 9.17) is 26.1 Å². The molecule has 0 spiro atoms. The Morgan fingerprint density at radius 3 is 2.82 bits per heavy atom. The third-order valence-electron chi connectivity index (χ3n) is 6.08. The van der Waals surface area contributed by atoms with E-state index in [1.165, 1.54) is 11.8 Å². The molecule has 1 fully saturated rings. The molecule has 172 valence electrons. The normalized spacial score (nSPS) is 16.3. The number of benzene rings is 2. The Kier molecular flexibility index (Phi) is 6.21. The van der Waals surface area contributed by atoms with Gasteiger partial charge in [0.25, 0.3) is 5.56 Å². The minimum atomic E-state index is -0.435. The Labute approximate surface area is 200 Å². The van der Waals surface area contributed by atoms with Gasteiger partial charge < -0.3 is 14.8 Å². The Hall–Kier alpha value is -2.71. The molecule has 2 heterocycles. The Morgan fingerprint density at radius 2 is 2.00 bits per heavy atom. The summed E-state index contributed by atoms with van der Waals surface area (Å²) < 4.78 is 12.5. The molecule has 1 N–H and O–H groups in total. The summed E-state index contributed by atoms with van der Waals surface area (Å²) in [7, 11) is 0. The average Bonchev–Trinajstić information content (AvgIpc) is 3.49. The van der Waals surface area contributed by atoms with Crippen molar-refractivity contribution in [3.05, 3.63) is 57.3 Å². The number of amides is 1. The van der Waals surface area contributed by atoms with Crippen LogP contribution in [-0.4, -0.2) is 27.5 Å². The van der Waals surface area contributed by atoms with Gasteiger partial charge in [-0.2, -0.15) is 0 Å². The van der Waals surface area contributed by atoms with Crippen LogP contribution < -0.4 is 20.3 Å². The topological polar surface area (TPSA) is 82.5 Å². The standard InChI is InChI=1S/C24H24ClN3O4S/c1-14(22(29)26-12-15-6-9-20-21(10-15)32-13-31-20)33-24-27-19-11-16(25)7-8-18(19)23(30)28(24)17-4-2-3-5-17/h6-11,14,17H,2-5,12-13H2,1H3,(H,26,29)/t14-/m0/s1. The molecule has 5 rings (SSSR count). The number of fused-ring (bicyclic) bond motifs is 2. The number of nitrogens with zero attached hydrogens (tertiary/aromatic N) is 2. The largest absolute Gasteiger partial charge is 0.454 e. The minimum absolute atomic E-state index is 0.0703. The van der Waals surface area contributed by atoms with Crippen LogP contribution in [0.1, 0.15) is 44.2 Å². The second-order valence-electron chi connectivity index (χ2n) is 8.33. The van der Waals surface area contributed by atoms with Gasteiger partial charge in [0, 0.05) is 17.6 Å². The number of aromatic nitrogens is 2. The van der Waals surface area contributed by atoms with E-state index in [1.807, 2.05) is 25.1 Å². The summed E-state index contributed by atoms with van der Waals surface area (Å²) in [4.78, 5) is 31.0. The van der Waals surface area contributed by atoms with Crippen LogP contribution in [0.15, 0.2) is 46.3 Å². The lowest BCUT2D eigenvalue weighted by Crippen LogP contribution is -2.32. The lowest BCUT2D eigenvalue weighted by molar-refractivity contribution is -0.120. The highest BCUT2D eigenvalue weighted by Gasteiger charge is 2.26. The first kappa shape index (κ1) is 22.1. The van der Waals surface area contributed by atoms with Crippen LogP contribution in [0.3, 0.4) is 0 Å². The molecule has 1 saturated carbocycles. The number of carbonyl (C=O) groups is 1. The van der Waals surface area contributed by atoms with Crippen LogP contribution >= 0.6 is 23.4 Å². The van der Waals surface area contributed by atoms with Gasteiger partial charge in [-0.3, -0.25) is 14.2 Å². The number of nitrogens with one attached hydrogen (secondary N) is 1. The third-order valence-corrected chi connectivity index (χ3v) is 7.38. The second kappa shape index (κ2) is 9.27. The summed E-state index contributed by atoms with van der Waals surface area (Å²) >= 11 is 7.45. The summed E-state index contributed by atoms with van der Waals surface area (Å²) in [5, 5.41) is 4.17. The van der Waals surface area contributed by atoms with Gasteiger partial charge in [-0.05, 0) is 55.7 Å². The van der Waals surface area contributed by atoms with Crippen LogP contribution in [0.4, 0.5) is 0 Å². The van der Waals surface area contributed by atoms with Crippen molar-refractivity contribution in [1.82, 2.24) is 14.9 Å². The van der Waals surface area contributed by atoms with Gasteiger partial charge in [-0.15, -0.1) is 0 Å². The Balaban J connectivity index is 1.36. The van der Waals surface area contributed by atoms with Crippen molar-refractivity contribution in [1.29, 1.82) is 0 Å². The number of carbonyl (C=O) groups excluding carboxylic acids is 1. The molecule has 2 aromatic carbocycles. The van der Waals surface area contributed by atoms with Gasteiger partial charge in [-0.1, -0.05) is 42.3 Å². The highest BCUT2D eigenvalue weighted by Crippen LogP contribution is 2.34. The minimum Gasteiger partial charge on any atom is -0.454 e. The van der Waals surface area contributed by atoms with Crippen LogP contribution in [0.5, 0.6) is 11.5 Å². The van der Waals surface area contributed by atoms with Crippen LogP contribution in [-0.2, 0) is 11.3 Å². The van der Waals surface area contributed by atoms with E-state index < -0.39 is 5.25 Å². The van der Waals surface area contributed by atoms with Gasteiger partial charge >= 0.3 is 0 Å². The van der Waals surface area contributed by atoms with Gasteiger partial charge in [0.15, 0.2) is 16.7 Å². The van der Waals surface area contributed by atoms with E-state index in [1.54, 1.807) is 22.8 Å². The van der Waals surface area contributed by atoms with E-state index in [-0.39, 0.29) is 24.3 Å². The lowest BCUT2D eigenvalue weighted by atomic mass is 10.2. The molecule has 1 aliphatic heterocycles. The number of halogens is 1. The molecule has 1 amide bonds. The number of hydrogen-bond acceptors (Lipinski definition) is 6. The molecule has 2 aliphatic rings.